The van der Waals surface area contributed by atoms with Crippen LogP contribution in [0.15, 0.2) is 59.1 Å². The Hall–Kier alpha value is -1.16. The van der Waals surface area contributed by atoms with Gasteiger partial charge >= 0.3 is 0 Å². The van der Waals surface area contributed by atoms with Crippen LogP contribution in [0.3, 0.4) is 0 Å². The summed E-state index contributed by atoms with van der Waals surface area (Å²) in [6.07, 6.45) is 0. The third-order valence-electron chi connectivity index (χ3n) is 3.98. The molecule has 1 aliphatic heterocycles. The van der Waals surface area contributed by atoms with E-state index in [2.05, 4.69) is 70.2 Å². The Bertz CT molecular complexity index is 587. The monoisotopic (exact) mass is 331 g/mol. The van der Waals surface area contributed by atoms with Gasteiger partial charge in [-0.1, -0.05) is 64.5 Å². The van der Waals surface area contributed by atoms with Crippen molar-refractivity contribution < 1.29 is 4.74 Å². The second kappa shape index (κ2) is 5.68. The molecule has 0 spiro atoms. The molecule has 0 bridgehead atoms. The fourth-order valence-corrected chi connectivity index (χ4v) is 3.14. The molecular formula is C17H18BrNO. The first-order chi connectivity index (χ1) is 9.70. The lowest BCUT2D eigenvalue weighted by Gasteiger charge is -2.34. The molecule has 2 aromatic carbocycles. The number of halogens is 1. The Labute approximate surface area is 128 Å². The van der Waals surface area contributed by atoms with Crippen LogP contribution in [0.1, 0.15) is 18.1 Å². The van der Waals surface area contributed by atoms with Crippen molar-refractivity contribution in [1.29, 1.82) is 0 Å². The summed E-state index contributed by atoms with van der Waals surface area (Å²) in [6, 6.07) is 18.8. The first-order valence-electron chi connectivity index (χ1n) is 6.88. The molecule has 1 heterocycles. The van der Waals surface area contributed by atoms with Crippen molar-refractivity contribution in [3.63, 3.8) is 0 Å². The van der Waals surface area contributed by atoms with Crippen LogP contribution in [0.5, 0.6) is 0 Å². The maximum Gasteiger partial charge on any atom is 0.145 e. The molecule has 2 nitrogen and oxygen atoms in total. The minimum Gasteiger partial charge on any atom is -0.355 e. The lowest BCUT2D eigenvalue weighted by molar-refractivity contribution is -0.0765. The standard InChI is InChI=1S/C17H18BrNO/c1-17(15-8-3-2-4-9-15)19(11-12-20-17)13-14-7-5-6-10-16(14)18/h2-10H,11-13H2,1H3/t17-/m1/s1. The van der Waals surface area contributed by atoms with Gasteiger partial charge in [-0.05, 0) is 24.1 Å². The van der Waals surface area contributed by atoms with Gasteiger partial charge in [-0.15, -0.1) is 0 Å². The van der Waals surface area contributed by atoms with Crippen molar-refractivity contribution in [2.45, 2.75) is 19.2 Å². The smallest absolute Gasteiger partial charge is 0.145 e. The van der Waals surface area contributed by atoms with Gasteiger partial charge in [-0.3, -0.25) is 4.90 Å². The number of rotatable bonds is 3. The average Bonchev–Trinajstić information content (AvgIpc) is 2.85. The molecule has 0 aliphatic carbocycles. The maximum atomic E-state index is 6.06. The van der Waals surface area contributed by atoms with E-state index in [-0.39, 0.29) is 5.72 Å². The molecule has 3 rings (SSSR count). The van der Waals surface area contributed by atoms with Gasteiger partial charge in [-0.2, -0.15) is 0 Å². The van der Waals surface area contributed by atoms with Gasteiger partial charge < -0.3 is 4.74 Å². The summed E-state index contributed by atoms with van der Waals surface area (Å²) in [4.78, 5) is 2.39. The molecule has 20 heavy (non-hydrogen) atoms. The van der Waals surface area contributed by atoms with E-state index in [0.29, 0.717) is 0 Å². The highest BCUT2D eigenvalue weighted by molar-refractivity contribution is 9.10. The molecule has 0 aromatic heterocycles. The zero-order chi connectivity index (χ0) is 14.0. The van der Waals surface area contributed by atoms with E-state index in [1.54, 1.807) is 0 Å². The van der Waals surface area contributed by atoms with Crippen molar-refractivity contribution in [2.75, 3.05) is 13.2 Å². The topological polar surface area (TPSA) is 12.5 Å². The minimum absolute atomic E-state index is 0.337. The van der Waals surface area contributed by atoms with Gasteiger partial charge in [0.2, 0.25) is 0 Å². The van der Waals surface area contributed by atoms with Crippen LogP contribution < -0.4 is 0 Å². The molecule has 1 saturated heterocycles. The highest BCUT2D eigenvalue weighted by atomic mass is 79.9. The van der Waals surface area contributed by atoms with Crippen molar-refractivity contribution in [3.05, 3.63) is 70.2 Å². The molecule has 1 aliphatic rings. The maximum absolute atomic E-state index is 6.06. The summed E-state index contributed by atoms with van der Waals surface area (Å²) in [5, 5.41) is 0. The second-order valence-electron chi connectivity index (χ2n) is 5.21. The first-order valence-corrected chi connectivity index (χ1v) is 7.67. The fraction of sp³-hybridized carbons (Fsp3) is 0.294. The lowest BCUT2D eigenvalue weighted by Crippen LogP contribution is -2.39. The highest BCUT2D eigenvalue weighted by Gasteiger charge is 2.39. The van der Waals surface area contributed by atoms with Gasteiger partial charge in [0.25, 0.3) is 0 Å². The minimum atomic E-state index is -0.337. The molecule has 0 radical (unpaired) electrons. The first kappa shape index (κ1) is 13.8. The molecule has 0 unspecified atom stereocenters. The van der Waals surface area contributed by atoms with E-state index in [1.165, 1.54) is 11.1 Å². The second-order valence-corrected chi connectivity index (χ2v) is 6.06. The Balaban J connectivity index is 1.88. The molecular weight excluding hydrogens is 314 g/mol. The van der Waals surface area contributed by atoms with Crippen LogP contribution in [-0.4, -0.2) is 18.1 Å². The third-order valence-corrected chi connectivity index (χ3v) is 4.75. The van der Waals surface area contributed by atoms with Gasteiger partial charge in [0.05, 0.1) is 6.61 Å². The van der Waals surface area contributed by atoms with Crippen LogP contribution in [0.25, 0.3) is 0 Å². The Morgan fingerprint density at radius 3 is 2.55 bits per heavy atom. The summed E-state index contributed by atoms with van der Waals surface area (Å²) in [6.45, 7) is 4.77. The molecule has 104 valence electrons. The van der Waals surface area contributed by atoms with Crippen molar-refractivity contribution in [3.8, 4) is 0 Å². The number of hydrogen-bond donors (Lipinski definition) is 0. The Morgan fingerprint density at radius 1 is 1.10 bits per heavy atom. The third kappa shape index (κ3) is 2.53. The van der Waals surface area contributed by atoms with E-state index >= 15 is 0 Å². The van der Waals surface area contributed by atoms with Crippen LogP contribution in [0, 0.1) is 0 Å². The van der Waals surface area contributed by atoms with Crippen LogP contribution in [0.2, 0.25) is 0 Å². The van der Waals surface area contributed by atoms with Crippen LogP contribution >= 0.6 is 15.9 Å². The van der Waals surface area contributed by atoms with Gasteiger partial charge in [0, 0.05) is 17.6 Å². The van der Waals surface area contributed by atoms with E-state index in [9.17, 15) is 0 Å². The van der Waals surface area contributed by atoms with Crippen molar-refractivity contribution in [1.82, 2.24) is 4.90 Å². The Kier molecular flexibility index (Phi) is 3.92. The number of hydrogen-bond acceptors (Lipinski definition) is 2. The van der Waals surface area contributed by atoms with Crippen LogP contribution in [0.4, 0.5) is 0 Å². The summed E-state index contributed by atoms with van der Waals surface area (Å²) in [5.74, 6) is 0. The predicted octanol–water partition coefficient (Wildman–Crippen LogP) is 4.15. The van der Waals surface area contributed by atoms with E-state index < -0.39 is 0 Å². The number of nitrogens with zero attached hydrogens (tertiary/aromatic N) is 1. The summed E-state index contributed by atoms with van der Waals surface area (Å²) in [7, 11) is 0. The molecule has 1 fully saturated rings. The molecule has 1 atom stereocenters. The largest absolute Gasteiger partial charge is 0.355 e. The molecule has 0 saturated carbocycles. The van der Waals surface area contributed by atoms with Gasteiger partial charge in [0.15, 0.2) is 0 Å². The van der Waals surface area contributed by atoms with E-state index in [0.717, 1.165) is 24.2 Å². The van der Waals surface area contributed by atoms with Crippen LogP contribution in [-0.2, 0) is 17.0 Å². The summed E-state index contributed by atoms with van der Waals surface area (Å²) < 4.78 is 7.22. The zero-order valence-electron chi connectivity index (χ0n) is 11.6. The molecule has 0 N–H and O–H groups in total. The molecule has 3 heteroatoms. The van der Waals surface area contributed by atoms with Crippen molar-refractivity contribution in [2.24, 2.45) is 0 Å². The zero-order valence-corrected chi connectivity index (χ0v) is 13.1. The SMILES string of the molecule is C[C@]1(c2ccccc2)OCCN1Cc1ccccc1Br. The average molecular weight is 332 g/mol. The lowest BCUT2D eigenvalue weighted by atomic mass is 10.0. The van der Waals surface area contributed by atoms with Gasteiger partial charge in [0.1, 0.15) is 5.72 Å². The van der Waals surface area contributed by atoms with Crippen molar-refractivity contribution >= 4 is 15.9 Å². The molecule has 0 amide bonds. The number of benzene rings is 2. The predicted molar refractivity (Wildman–Crippen MR) is 84.3 cm³/mol. The quantitative estimate of drug-likeness (QED) is 0.837. The normalized spacial score (nSPS) is 23.1. The van der Waals surface area contributed by atoms with E-state index in [1.807, 2.05) is 12.1 Å². The summed E-state index contributed by atoms with van der Waals surface area (Å²) in [5.41, 5.74) is 2.17. The van der Waals surface area contributed by atoms with Gasteiger partial charge in [-0.25, -0.2) is 0 Å². The summed E-state index contributed by atoms with van der Waals surface area (Å²) >= 11 is 3.63. The fourth-order valence-electron chi connectivity index (χ4n) is 2.73. The highest BCUT2D eigenvalue weighted by Crippen LogP contribution is 2.35. The Morgan fingerprint density at radius 2 is 1.80 bits per heavy atom. The number of ether oxygens (including phenoxy) is 1. The molecule has 2 aromatic rings. The van der Waals surface area contributed by atoms with E-state index in [4.69, 9.17) is 4.74 Å².